The van der Waals surface area contributed by atoms with E-state index in [-0.39, 0.29) is 0 Å². The Bertz CT molecular complexity index is 526. The number of rotatable bonds is 6. The van der Waals surface area contributed by atoms with Gasteiger partial charge in [0.2, 0.25) is 0 Å². The van der Waals surface area contributed by atoms with Crippen LogP contribution in [0.15, 0.2) is 30.3 Å². The van der Waals surface area contributed by atoms with Crippen molar-refractivity contribution in [3.63, 3.8) is 0 Å². The number of benzene rings is 1. The van der Waals surface area contributed by atoms with Gasteiger partial charge in [0.05, 0.1) is 12.2 Å². The topological polar surface area (TPSA) is 53.3 Å². The molecule has 1 aromatic rings. The van der Waals surface area contributed by atoms with Gasteiger partial charge in [-0.15, -0.1) is 0 Å². The monoisotopic (exact) mass is 272 g/mol. The second kappa shape index (κ2) is 8.00. The van der Waals surface area contributed by atoms with Gasteiger partial charge >= 0.3 is 5.97 Å². The summed E-state index contributed by atoms with van der Waals surface area (Å²) >= 11 is 0. The Labute approximate surface area is 120 Å². The van der Waals surface area contributed by atoms with Crippen molar-refractivity contribution in [1.29, 1.82) is 5.26 Å². The Morgan fingerprint density at radius 2 is 1.95 bits per heavy atom. The van der Waals surface area contributed by atoms with Crippen LogP contribution in [0.2, 0.25) is 0 Å². The molecular weight excluding hydrogens is 252 g/mol. The molecule has 0 spiro atoms. The molecule has 0 aliphatic carbocycles. The number of esters is 1. The van der Waals surface area contributed by atoms with Crippen molar-refractivity contribution in [2.75, 3.05) is 24.6 Å². The Kier molecular flexibility index (Phi) is 6.31. The summed E-state index contributed by atoms with van der Waals surface area (Å²) in [4.78, 5) is 13.7. The number of allylic oxidation sites excluding steroid dienone is 1. The summed E-state index contributed by atoms with van der Waals surface area (Å²) in [6.07, 6.45) is 1.26. The highest BCUT2D eigenvalue weighted by Gasteiger charge is 2.13. The highest BCUT2D eigenvalue weighted by atomic mass is 16.5. The fraction of sp³-hybridized carbons (Fsp3) is 0.375. The zero-order chi connectivity index (χ0) is 15.0. The number of carbonyl (C=O) groups excluding carboxylic acids is 1. The van der Waals surface area contributed by atoms with Crippen LogP contribution in [0.1, 0.15) is 26.3 Å². The molecule has 0 heterocycles. The predicted molar refractivity (Wildman–Crippen MR) is 80.2 cm³/mol. The van der Waals surface area contributed by atoms with Gasteiger partial charge in [-0.25, -0.2) is 4.79 Å². The van der Waals surface area contributed by atoms with Gasteiger partial charge in [0.25, 0.3) is 0 Å². The van der Waals surface area contributed by atoms with Crippen molar-refractivity contribution in [1.82, 2.24) is 0 Å². The minimum absolute atomic E-state index is 0.297. The number of hydrogen-bond acceptors (Lipinski definition) is 4. The van der Waals surface area contributed by atoms with E-state index in [0.29, 0.717) is 12.2 Å². The van der Waals surface area contributed by atoms with E-state index in [2.05, 4.69) is 24.8 Å². The molecule has 0 saturated carbocycles. The van der Waals surface area contributed by atoms with Crippen LogP contribution in [0.5, 0.6) is 0 Å². The molecule has 0 saturated heterocycles. The molecule has 0 aromatic heterocycles. The second-order valence-electron chi connectivity index (χ2n) is 4.11. The maximum absolute atomic E-state index is 11.5. The van der Waals surface area contributed by atoms with Crippen LogP contribution in [0, 0.1) is 11.3 Å². The highest BCUT2D eigenvalue weighted by Crippen LogP contribution is 2.26. The smallest absolute Gasteiger partial charge is 0.332 e. The molecule has 4 nitrogen and oxygen atoms in total. The van der Waals surface area contributed by atoms with E-state index in [4.69, 9.17) is 4.74 Å². The van der Waals surface area contributed by atoms with E-state index in [1.807, 2.05) is 24.3 Å². The fourth-order valence-electron chi connectivity index (χ4n) is 2.01. The van der Waals surface area contributed by atoms with Crippen LogP contribution in [-0.2, 0) is 9.53 Å². The summed E-state index contributed by atoms with van der Waals surface area (Å²) in [5.74, 6) is -0.488. The Balaban J connectivity index is 3.23. The lowest BCUT2D eigenvalue weighted by molar-refractivity contribution is -0.137. The maximum atomic E-state index is 11.5. The van der Waals surface area contributed by atoms with Gasteiger partial charge < -0.3 is 9.64 Å². The van der Waals surface area contributed by atoms with Crippen molar-refractivity contribution in [2.45, 2.75) is 20.8 Å². The van der Waals surface area contributed by atoms with Gasteiger partial charge in [-0.2, -0.15) is 5.26 Å². The molecule has 0 bridgehead atoms. The maximum Gasteiger partial charge on any atom is 0.332 e. The van der Waals surface area contributed by atoms with Crippen molar-refractivity contribution < 1.29 is 9.53 Å². The number of hydrogen-bond donors (Lipinski definition) is 0. The third-order valence-electron chi connectivity index (χ3n) is 2.97. The molecule has 106 valence electrons. The lowest BCUT2D eigenvalue weighted by Gasteiger charge is -2.23. The molecule has 0 N–H and O–H groups in total. The van der Waals surface area contributed by atoms with Crippen LogP contribution < -0.4 is 4.90 Å². The molecule has 0 amide bonds. The summed E-state index contributed by atoms with van der Waals surface area (Å²) in [6, 6.07) is 9.68. The van der Waals surface area contributed by atoms with Crippen LogP contribution in [-0.4, -0.2) is 25.7 Å². The first kappa shape index (κ1) is 15.8. The summed E-state index contributed by atoms with van der Waals surface area (Å²) in [5.41, 5.74) is 2.03. The number of ether oxygens (including phenoxy) is 1. The molecule has 0 radical (unpaired) electrons. The molecule has 0 aliphatic heterocycles. The van der Waals surface area contributed by atoms with E-state index >= 15 is 0 Å². The van der Waals surface area contributed by atoms with Gasteiger partial charge in [-0.1, -0.05) is 18.2 Å². The third kappa shape index (κ3) is 3.86. The van der Waals surface area contributed by atoms with E-state index in [0.717, 1.165) is 24.3 Å². The van der Waals surface area contributed by atoms with Gasteiger partial charge in [0, 0.05) is 30.4 Å². The van der Waals surface area contributed by atoms with Gasteiger partial charge in [-0.05, 0) is 26.8 Å². The highest BCUT2D eigenvalue weighted by molar-refractivity contribution is 5.97. The second-order valence-corrected chi connectivity index (χ2v) is 4.11. The van der Waals surface area contributed by atoms with Crippen LogP contribution in [0.4, 0.5) is 5.69 Å². The minimum Gasteiger partial charge on any atom is -0.463 e. The number of nitrogens with zero attached hydrogens (tertiary/aromatic N) is 2. The summed E-state index contributed by atoms with van der Waals surface area (Å²) < 4.78 is 4.87. The summed E-state index contributed by atoms with van der Waals surface area (Å²) in [7, 11) is 0. The Morgan fingerprint density at radius 1 is 1.30 bits per heavy atom. The number of para-hydroxylation sites is 1. The quantitative estimate of drug-likeness (QED) is 0.454. The first-order valence-corrected chi connectivity index (χ1v) is 6.80. The Hall–Kier alpha value is -2.28. The fourth-order valence-corrected chi connectivity index (χ4v) is 2.01. The number of nitriles is 1. The molecule has 4 heteroatoms. The lowest BCUT2D eigenvalue weighted by Crippen LogP contribution is -2.23. The van der Waals surface area contributed by atoms with Crippen molar-refractivity contribution in [2.24, 2.45) is 0 Å². The molecule has 0 aliphatic rings. The largest absolute Gasteiger partial charge is 0.463 e. The minimum atomic E-state index is -0.488. The molecule has 1 rings (SSSR count). The standard InChI is InChI=1S/C16H20N2O2/c1-4-18(5-2)15-10-8-7-9-14(15)13(12-17)11-16(19)20-6-3/h7-11H,4-6H2,1-3H3. The molecular formula is C16H20N2O2. The average molecular weight is 272 g/mol. The Morgan fingerprint density at radius 3 is 2.50 bits per heavy atom. The third-order valence-corrected chi connectivity index (χ3v) is 2.97. The van der Waals surface area contributed by atoms with E-state index in [1.165, 1.54) is 6.08 Å². The zero-order valence-corrected chi connectivity index (χ0v) is 12.2. The molecule has 0 atom stereocenters. The first-order valence-electron chi connectivity index (χ1n) is 6.80. The van der Waals surface area contributed by atoms with Crippen LogP contribution in [0.25, 0.3) is 5.57 Å². The number of anilines is 1. The summed E-state index contributed by atoms with van der Waals surface area (Å²) in [5, 5.41) is 9.30. The first-order chi connectivity index (χ1) is 9.67. The molecule has 20 heavy (non-hydrogen) atoms. The van der Waals surface area contributed by atoms with Crippen LogP contribution >= 0.6 is 0 Å². The van der Waals surface area contributed by atoms with Crippen molar-refractivity contribution >= 4 is 17.2 Å². The van der Waals surface area contributed by atoms with Gasteiger partial charge in [0.15, 0.2) is 0 Å². The normalized spacial score (nSPS) is 10.8. The zero-order valence-electron chi connectivity index (χ0n) is 12.2. The molecule has 0 fully saturated rings. The van der Waals surface area contributed by atoms with Gasteiger partial charge in [-0.3, -0.25) is 0 Å². The van der Waals surface area contributed by atoms with E-state index < -0.39 is 5.97 Å². The van der Waals surface area contributed by atoms with Crippen molar-refractivity contribution in [3.05, 3.63) is 35.9 Å². The van der Waals surface area contributed by atoms with Crippen LogP contribution in [0.3, 0.4) is 0 Å². The van der Waals surface area contributed by atoms with Crippen molar-refractivity contribution in [3.8, 4) is 6.07 Å². The average Bonchev–Trinajstić information content (AvgIpc) is 2.47. The molecule has 1 aromatic carbocycles. The SMILES string of the molecule is CCOC(=O)C=C(C#N)c1ccccc1N(CC)CC. The summed E-state index contributed by atoms with van der Waals surface area (Å²) in [6.45, 7) is 7.83. The molecule has 0 unspecified atom stereocenters. The van der Waals surface area contributed by atoms with E-state index in [1.54, 1.807) is 6.92 Å². The lowest BCUT2D eigenvalue weighted by atomic mass is 10.0. The van der Waals surface area contributed by atoms with E-state index in [9.17, 15) is 10.1 Å². The number of carbonyl (C=O) groups is 1. The predicted octanol–water partition coefficient (Wildman–Crippen LogP) is 3.00. The van der Waals surface area contributed by atoms with Gasteiger partial charge in [0.1, 0.15) is 6.07 Å².